The second-order valence-electron chi connectivity index (χ2n) is 4.33. The van der Waals surface area contributed by atoms with Crippen LogP contribution in [0.4, 0.5) is 0 Å². The number of aromatic nitrogens is 1. The maximum absolute atomic E-state index is 5.42. The minimum atomic E-state index is 0.325. The second-order valence-corrected chi connectivity index (χ2v) is 4.33. The Labute approximate surface area is 101 Å². The molecule has 1 atom stereocenters. The van der Waals surface area contributed by atoms with Crippen molar-refractivity contribution in [3.05, 3.63) is 53.9 Å². The average Bonchev–Trinajstić information content (AvgIpc) is 2.85. The maximum Gasteiger partial charge on any atom is 0.123 e. The molecule has 3 nitrogen and oxygen atoms in total. The van der Waals surface area contributed by atoms with E-state index in [1.807, 2.05) is 12.1 Å². The Morgan fingerprint density at radius 3 is 3.00 bits per heavy atom. The molecular weight excluding hydrogens is 212 g/mol. The minimum Gasteiger partial charge on any atom is -0.496 e. The number of benzene rings is 1. The van der Waals surface area contributed by atoms with Crippen LogP contribution in [0.15, 0.2) is 42.6 Å². The molecule has 0 saturated heterocycles. The van der Waals surface area contributed by atoms with Gasteiger partial charge in [-0.15, -0.1) is 0 Å². The van der Waals surface area contributed by atoms with E-state index in [1.165, 1.54) is 11.3 Å². The molecular formula is C14H16N2O. The lowest BCUT2D eigenvalue weighted by Crippen LogP contribution is -2.31. The van der Waals surface area contributed by atoms with Gasteiger partial charge in [0.05, 0.1) is 13.2 Å². The van der Waals surface area contributed by atoms with Gasteiger partial charge >= 0.3 is 0 Å². The molecule has 0 radical (unpaired) electrons. The van der Waals surface area contributed by atoms with Crippen molar-refractivity contribution in [3.8, 4) is 5.75 Å². The van der Waals surface area contributed by atoms with E-state index in [1.54, 1.807) is 7.11 Å². The van der Waals surface area contributed by atoms with Crippen LogP contribution in [-0.4, -0.2) is 11.7 Å². The van der Waals surface area contributed by atoms with Crippen LogP contribution in [0.25, 0.3) is 0 Å². The van der Waals surface area contributed by atoms with Crippen LogP contribution >= 0.6 is 0 Å². The molecule has 2 heterocycles. The number of fused-ring (bicyclic) bond motifs is 1. The molecule has 1 aliphatic heterocycles. The first kappa shape index (κ1) is 10.4. The van der Waals surface area contributed by atoms with Crippen LogP contribution < -0.4 is 10.1 Å². The smallest absolute Gasteiger partial charge is 0.123 e. The van der Waals surface area contributed by atoms with Gasteiger partial charge in [0.15, 0.2) is 0 Å². The topological polar surface area (TPSA) is 26.2 Å². The first-order chi connectivity index (χ1) is 8.38. The fourth-order valence-electron chi connectivity index (χ4n) is 2.44. The molecule has 0 saturated carbocycles. The quantitative estimate of drug-likeness (QED) is 0.854. The van der Waals surface area contributed by atoms with Gasteiger partial charge in [0.25, 0.3) is 0 Å². The van der Waals surface area contributed by atoms with E-state index in [-0.39, 0.29) is 0 Å². The van der Waals surface area contributed by atoms with Crippen LogP contribution in [0.1, 0.15) is 17.3 Å². The summed E-state index contributed by atoms with van der Waals surface area (Å²) >= 11 is 0. The molecule has 3 rings (SSSR count). The summed E-state index contributed by atoms with van der Waals surface area (Å²) in [7, 11) is 1.72. The van der Waals surface area contributed by atoms with E-state index in [0.29, 0.717) is 6.04 Å². The van der Waals surface area contributed by atoms with Crippen LogP contribution in [0.2, 0.25) is 0 Å². The van der Waals surface area contributed by atoms with E-state index in [0.717, 1.165) is 18.8 Å². The highest BCUT2D eigenvalue weighted by Gasteiger charge is 2.20. The molecule has 0 aliphatic carbocycles. The third-order valence-corrected chi connectivity index (χ3v) is 3.35. The highest BCUT2D eigenvalue weighted by atomic mass is 16.5. The van der Waals surface area contributed by atoms with Gasteiger partial charge in [0.1, 0.15) is 5.75 Å². The molecule has 1 N–H and O–H groups in total. The Hall–Kier alpha value is -1.74. The predicted octanol–water partition coefficient (Wildman–Crippen LogP) is 2.34. The van der Waals surface area contributed by atoms with Gasteiger partial charge in [-0.3, -0.25) is 0 Å². The minimum absolute atomic E-state index is 0.325. The van der Waals surface area contributed by atoms with Crippen LogP contribution in [0.5, 0.6) is 5.75 Å². The van der Waals surface area contributed by atoms with Gasteiger partial charge in [0.2, 0.25) is 0 Å². The largest absolute Gasteiger partial charge is 0.496 e. The van der Waals surface area contributed by atoms with Crippen molar-refractivity contribution >= 4 is 0 Å². The SMILES string of the molecule is COc1ccccc1[C@@H]1Cn2cccc2CN1. The van der Waals surface area contributed by atoms with E-state index < -0.39 is 0 Å². The zero-order chi connectivity index (χ0) is 11.7. The van der Waals surface area contributed by atoms with E-state index in [4.69, 9.17) is 4.74 Å². The highest BCUT2D eigenvalue weighted by molar-refractivity contribution is 5.36. The molecule has 0 unspecified atom stereocenters. The molecule has 2 aromatic rings. The molecule has 1 aliphatic rings. The molecule has 1 aromatic carbocycles. The van der Waals surface area contributed by atoms with Crippen molar-refractivity contribution in [1.82, 2.24) is 9.88 Å². The van der Waals surface area contributed by atoms with Crippen molar-refractivity contribution in [3.63, 3.8) is 0 Å². The number of nitrogens with one attached hydrogen (secondary N) is 1. The molecule has 88 valence electrons. The summed E-state index contributed by atoms with van der Waals surface area (Å²) in [6, 6.07) is 12.8. The number of methoxy groups -OCH3 is 1. The maximum atomic E-state index is 5.42. The van der Waals surface area contributed by atoms with Gasteiger partial charge in [0, 0.05) is 30.5 Å². The zero-order valence-electron chi connectivity index (χ0n) is 9.89. The van der Waals surface area contributed by atoms with Crippen molar-refractivity contribution in [1.29, 1.82) is 0 Å². The molecule has 1 aromatic heterocycles. The van der Waals surface area contributed by atoms with Crippen LogP contribution in [0, 0.1) is 0 Å². The van der Waals surface area contributed by atoms with Crippen molar-refractivity contribution in [2.24, 2.45) is 0 Å². The van der Waals surface area contributed by atoms with Gasteiger partial charge in [-0.1, -0.05) is 18.2 Å². The lowest BCUT2D eigenvalue weighted by Gasteiger charge is -2.27. The van der Waals surface area contributed by atoms with E-state index >= 15 is 0 Å². The van der Waals surface area contributed by atoms with Crippen LogP contribution in [-0.2, 0) is 13.1 Å². The summed E-state index contributed by atoms with van der Waals surface area (Å²) in [6.45, 7) is 1.87. The summed E-state index contributed by atoms with van der Waals surface area (Å²) in [6.07, 6.45) is 2.14. The highest BCUT2D eigenvalue weighted by Crippen LogP contribution is 2.28. The Bertz CT molecular complexity index is 518. The summed E-state index contributed by atoms with van der Waals surface area (Å²) in [5.74, 6) is 0.959. The second kappa shape index (κ2) is 4.26. The average molecular weight is 228 g/mol. The van der Waals surface area contributed by atoms with E-state index in [9.17, 15) is 0 Å². The third kappa shape index (κ3) is 1.83. The Morgan fingerprint density at radius 2 is 2.12 bits per heavy atom. The summed E-state index contributed by atoms with van der Waals surface area (Å²) in [5.41, 5.74) is 2.57. The van der Waals surface area contributed by atoms with Crippen molar-refractivity contribution < 1.29 is 4.74 Å². The molecule has 0 fully saturated rings. The molecule has 0 amide bonds. The standard InChI is InChI=1S/C14H16N2O/c1-17-14-7-3-2-6-12(14)13-10-16-8-4-5-11(16)9-15-13/h2-8,13,15H,9-10H2,1H3/t13-/m0/s1. The van der Waals surface area contributed by atoms with Gasteiger partial charge in [-0.2, -0.15) is 0 Å². The number of hydrogen-bond acceptors (Lipinski definition) is 2. The Morgan fingerprint density at radius 1 is 1.24 bits per heavy atom. The summed E-state index contributed by atoms with van der Waals surface area (Å²) in [4.78, 5) is 0. The number of ether oxygens (including phenoxy) is 1. The van der Waals surface area contributed by atoms with Gasteiger partial charge in [-0.25, -0.2) is 0 Å². The summed E-state index contributed by atoms with van der Waals surface area (Å²) in [5, 5.41) is 3.55. The summed E-state index contributed by atoms with van der Waals surface area (Å²) < 4.78 is 7.72. The van der Waals surface area contributed by atoms with E-state index in [2.05, 4.69) is 40.3 Å². The van der Waals surface area contributed by atoms with Crippen molar-refractivity contribution in [2.75, 3.05) is 7.11 Å². The lowest BCUT2D eigenvalue weighted by molar-refractivity contribution is 0.369. The lowest BCUT2D eigenvalue weighted by atomic mass is 10.0. The molecule has 17 heavy (non-hydrogen) atoms. The first-order valence-electron chi connectivity index (χ1n) is 5.89. The molecule has 0 bridgehead atoms. The zero-order valence-corrected chi connectivity index (χ0v) is 9.89. The number of hydrogen-bond donors (Lipinski definition) is 1. The normalized spacial score (nSPS) is 18.8. The van der Waals surface area contributed by atoms with Crippen LogP contribution in [0.3, 0.4) is 0 Å². The fourth-order valence-corrected chi connectivity index (χ4v) is 2.44. The van der Waals surface area contributed by atoms with Crippen molar-refractivity contribution in [2.45, 2.75) is 19.1 Å². The van der Waals surface area contributed by atoms with Gasteiger partial charge < -0.3 is 14.6 Å². The Balaban J connectivity index is 1.91. The molecule has 3 heteroatoms. The monoisotopic (exact) mass is 228 g/mol. The number of rotatable bonds is 2. The third-order valence-electron chi connectivity index (χ3n) is 3.35. The molecule has 0 spiro atoms. The first-order valence-corrected chi connectivity index (χ1v) is 5.89. The predicted molar refractivity (Wildman–Crippen MR) is 67.0 cm³/mol. The van der Waals surface area contributed by atoms with Gasteiger partial charge in [-0.05, 0) is 18.2 Å². The number of para-hydroxylation sites is 1. The fraction of sp³-hybridized carbons (Fsp3) is 0.286. The number of nitrogens with zero attached hydrogens (tertiary/aromatic N) is 1. The Kier molecular flexibility index (Phi) is 2.61.